The number of anilines is 2. The first-order chi connectivity index (χ1) is 17.7. The molecule has 1 N–H and O–H groups in total. The molecule has 0 fully saturated rings. The van der Waals surface area contributed by atoms with Crippen molar-refractivity contribution in [3.63, 3.8) is 0 Å². The number of allylic oxidation sites excluding steroid dienone is 1. The fourth-order valence-corrected chi connectivity index (χ4v) is 5.31. The Morgan fingerprint density at radius 1 is 0.973 bits per heavy atom. The van der Waals surface area contributed by atoms with Crippen molar-refractivity contribution < 1.29 is 14.3 Å². The van der Waals surface area contributed by atoms with Gasteiger partial charge in [0.1, 0.15) is 12.4 Å². The van der Waals surface area contributed by atoms with Crippen LogP contribution >= 0.6 is 0 Å². The molecule has 0 radical (unpaired) electrons. The van der Waals surface area contributed by atoms with Crippen LogP contribution in [-0.4, -0.2) is 11.7 Å². The number of carbonyl (C=O) groups excluding carboxylic acids is 2. The first-order valence-corrected chi connectivity index (χ1v) is 13.0. The minimum absolute atomic E-state index is 0.0185. The van der Waals surface area contributed by atoms with Crippen LogP contribution in [0.2, 0.25) is 0 Å². The second-order valence-corrected chi connectivity index (χ2v) is 11.1. The van der Waals surface area contributed by atoms with Gasteiger partial charge in [-0.3, -0.25) is 14.5 Å². The number of Topliss-reactive ketones (excluding diaryl/α,β-unsaturated/α-hetero) is 1. The SMILES string of the molecule is CC(C)C(=O)N1c2ccccc2NC2=C(C(=O)CC(C)(C)C2)[C@H]1c1ccc(OCc2ccccc2)cc1. The van der Waals surface area contributed by atoms with Crippen molar-refractivity contribution in [3.05, 3.63) is 101 Å². The van der Waals surface area contributed by atoms with Crippen molar-refractivity contribution in [2.75, 3.05) is 10.2 Å². The normalized spacial score (nSPS) is 18.6. The van der Waals surface area contributed by atoms with E-state index >= 15 is 0 Å². The Labute approximate surface area is 219 Å². The summed E-state index contributed by atoms with van der Waals surface area (Å²) in [5, 5.41) is 3.56. The van der Waals surface area contributed by atoms with Crippen LogP contribution in [0.15, 0.2) is 90.1 Å². The zero-order valence-corrected chi connectivity index (χ0v) is 22.0. The van der Waals surface area contributed by atoms with Gasteiger partial charge in [-0.25, -0.2) is 0 Å². The molecule has 0 bridgehead atoms. The number of nitrogens with one attached hydrogen (secondary N) is 1. The number of ketones is 1. The van der Waals surface area contributed by atoms with Gasteiger partial charge in [0.25, 0.3) is 0 Å². The van der Waals surface area contributed by atoms with Crippen molar-refractivity contribution in [3.8, 4) is 5.75 Å². The quantitative estimate of drug-likeness (QED) is 0.412. The highest BCUT2D eigenvalue weighted by atomic mass is 16.5. The average molecular weight is 495 g/mol. The molecular weight excluding hydrogens is 460 g/mol. The molecule has 3 aromatic rings. The summed E-state index contributed by atoms with van der Waals surface area (Å²) in [4.78, 5) is 29.3. The lowest BCUT2D eigenvalue weighted by Gasteiger charge is -2.37. The van der Waals surface area contributed by atoms with Gasteiger partial charge in [-0.1, -0.05) is 82.3 Å². The molecule has 0 aromatic heterocycles. The fourth-order valence-electron chi connectivity index (χ4n) is 5.31. The molecule has 190 valence electrons. The van der Waals surface area contributed by atoms with E-state index in [0.29, 0.717) is 18.6 Å². The van der Waals surface area contributed by atoms with E-state index < -0.39 is 6.04 Å². The standard InChI is InChI=1S/C32H34N2O3/c1-21(2)31(36)34-27-13-9-8-12-25(27)33-26-18-32(3,4)19-28(35)29(26)30(34)23-14-16-24(17-15-23)37-20-22-10-6-5-7-11-22/h5-17,21,30,33H,18-20H2,1-4H3/t30-/m1/s1. The van der Waals surface area contributed by atoms with Crippen LogP contribution in [0, 0.1) is 11.3 Å². The highest BCUT2D eigenvalue weighted by molar-refractivity contribution is 6.06. The third-order valence-electron chi connectivity index (χ3n) is 7.08. The summed E-state index contributed by atoms with van der Waals surface area (Å²) >= 11 is 0. The van der Waals surface area contributed by atoms with Gasteiger partial charge in [0.15, 0.2) is 5.78 Å². The zero-order valence-electron chi connectivity index (χ0n) is 22.0. The Kier molecular flexibility index (Phi) is 6.63. The van der Waals surface area contributed by atoms with E-state index in [1.54, 1.807) is 0 Å². The van der Waals surface area contributed by atoms with Gasteiger partial charge in [-0.2, -0.15) is 0 Å². The molecule has 0 spiro atoms. The van der Waals surface area contributed by atoms with E-state index in [2.05, 4.69) is 19.2 Å². The van der Waals surface area contributed by atoms with Crippen molar-refractivity contribution in [1.29, 1.82) is 0 Å². The second-order valence-electron chi connectivity index (χ2n) is 11.1. The molecule has 5 nitrogen and oxygen atoms in total. The Morgan fingerprint density at radius 3 is 2.35 bits per heavy atom. The summed E-state index contributed by atoms with van der Waals surface area (Å²) in [6, 6.07) is 25.2. The van der Waals surface area contributed by atoms with E-state index in [9.17, 15) is 9.59 Å². The van der Waals surface area contributed by atoms with E-state index in [1.807, 2.05) is 97.6 Å². The number of amides is 1. The van der Waals surface area contributed by atoms with E-state index in [4.69, 9.17) is 4.74 Å². The van der Waals surface area contributed by atoms with Crippen LogP contribution in [0.5, 0.6) is 5.75 Å². The number of para-hydroxylation sites is 2. The van der Waals surface area contributed by atoms with Crippen LogP contribution in [0.4, 0.5) is 11.4 Å². The van der Waals surface area contributed by atoms with E-state index in [1.165, 1.54) is 0 Å². The molecule has 37 heavy (non-hydrogen) atoms. The monoisotopic (exact) mass is 494 g/mol. The highest BCUT2D eigenvalue weighted by Gasteiger charge is 2.43. The Bertz CT molecular complexity index is 1340. The van der Waals surface area contributed by atoms with Gasteiger partial charge in [-0.05, 0) is 47.2 Å². The number of carbonyl (C=O) groups is 2. The van der Waals surface area contributed by atoms with Gasteiger partial charge in [0.05, 0.1) is 17.4 Å². The van der Waals surface area contributed by atoms with Crippen LogP contribution in [-0.2, 0) is 16.2 Å². The van der Waals surface area contributed by atoms with Crippen molar-refractivity contribution in [2.24, 2.45) is 11.3 Å². The molecule has 2 aliphatic rings. The minimum atomic E-state index is -0.521. The number of benzene rings is 3. The largest absolute Gasteiger partial charge is 0.489 e. The summed E-state index contributed by atoms with van der Waals surface area (Å²) in [5.41, 5.74) is 5.05. The molecule has 1 aliphatic heterocycles. The van der Waals surface area contributed by atoms with Crippen molar-refractivity contribution >= 4 is 23.1 Å². The van der Waals surface area contributed by atoms with Gasteiger partial charge < -0.3 is 10.1 Å². The third kappa shape index (κ3) is 5.04. The predicted molar refractivity (Wildman–Crippen MR) is 147 cm³/mol. The van der Waals surface area contributed by atoms with Crippen LogP contribution in [0.1, 0.15) is 57.7 Å². The zero-order chi connectivity index (χ0) is 26.2. The lowest BCUT2D eigenvalue weighted by Crippen LogP contribution is -2.41. The maximum absolute atomic E-state index is 13.8. The van der Waals surface area contributed by atoms with Gasteiger partial charge >= 0.3 is 0 Å². The molecular formula is C32H34N2O3. The fraction of sp³-hybridized carbons (Fsp3) is 0.312. The Hall–Kier alpha value is -3.86. The molecule has 1 aliphatic carbocycles. The highest BCUT2D eigenvalue weighted by Crippen LogP contribution is 2.48. The molecule has 3 aromatic carbocycles. The number of ether oxygens (including phenoxy) is 1. The summed E-state index contributed by atoms with van der Waals surface area (Å²) < 4.78 is 6.01. The molecule has 0 saturated carbocycles. The molecule has 1 amide bonds. The summed E-state index contributed by atoms with van der Waals surface area (Å²) in [6.07, 6.45) is 1.18. The molecule has 0 unspecified atom stereocenters. The second kappa shape index (κ2) is 9.89. The number of hydrogen-bond acceptors (Lipinski definition) is 4. The van der Waals surface area contributed by atoms with Crippen LogP contribution < -0.4 is 15.0 Å². The first-order valence-electron chi connectivity index (χ1n) is 13.0. The van der Waals surface area contributed by atoms with Gasteiger partial charge in [-0.15, -0.1) is 0 Å². The molecule has 5 rings (SSSR count). The lowest BCUT2D eigenvalue weighted by atomic mass is 9.73. The van der Waals surface area contributed by atoms with Gasteiger partial charge in [0, 0.05) is 23.6 Å². The lowest BCUT2D eigenvalue weighted by molar-refractivity contribution is -0.122. The van der Waals surface area contributed by atoms with E-state index in [0.717, 1.165) is 40.4 Å². The molecule has 5 heteroatoms. The van der Waals surface area contributed by atoms with Crippen LogP contribution in [0.25, 0.3) is 0 Å². The number of hydrogen-bond donors (Lipinski definition) is 1. The maximum Gasteiger partial charge on any atom is 0.230 e. The molecule has 0 saturated heterocycles. The molecule has 1 atom stereocenters. The summed E-state index contributed by atoms with van der Waals surface area (Å²) in [5.74, 6) is 0.575. The van der Waals surface area contributed by atoms with Gasteiger partial charge in [0.2, 0.25) is 5.91 Å². The van der Waals surface area contributed by atoms with Crippen molar-refractivity contribution in [1.82, 2.24) is 0 Å². The number of fused-ring (bicyclic) bond motifs is 1. The summed E-state index contributed by atoms with van der Waals surface area (Å²) in [7, 11) is 0. The maximum atomic E-state index is 13.8. The third-order valence-corrected chi connectivity index (χ3v) is 7.08. The Balaban J connectivity index is 1.59. The topological polar surface area (TPSA) is 58.6 Å². The average Bonchev–Trinajstić information content (AvgIpc) is 3.01. The number of rotatable bonds is 5. The Morgan fingerprint density at radius 2 is 1.65 bits per heavy atom. The van der Waals surface area contributed by atoms with Crippen LogP contribution in [0.3, 0.4) is 0 Å². The predicted octanol–water partition coefficient (Wildman–Crippen LogP) is 7.06. The minimum Gasteiger partial charge on any atom is -0.489 e. The van der Waals surface area contributed by atoms with E-state index in [-0.39, 0.29) is 23.0 Å². The molecule has 1 heterocycles. The van der Waals surface area contributed by atoms with Crippen molar-refractivity contribution in [2.45, 2.75) is 53.2 Å². The number of nitrogens with zero attached hydrogens (tertiary/aromatic N) is 1. The first kappa shape index (κ1) is 24.8. The smallest absolute Gasteiger partial charge is 0.230 e. The summed E-state index contributed by atoms with van der Waals surface area (Å²) in [6.45, 7) is 8.53.